The number of carbonyl (C=O) groups is 2. The molecule has 0 radical (unpaired) electrons. The predicted molar refractivity (Wildman–Crippen MR) is 78.6 cm³/mol. The minimum Gasteiger partial charge on any atom is -0.466 e. The highest BCUT2D eigenvalue weighted by molar-refractivity contribution is 5.79. The van der Waals surface area contributed by atoms with Gasteiger partial charge in [0.2, 0.25) is 0 Å². The molecule has 11 heteroatoms. The van der Waals surface area contributed by atoms with Crippen molar-refractivity contribution in [3.8, 4) is 0 Å². The molecule has 1 aliphatic rings. The summed E-state index contributed by atoms with van der Waals surface area (Å²) < 4.78 is 9.81. The molecule has 0 aromatic heterocycles. The predicted octanol–water partition coefficient (Wildman–Crippen LogP) is -0.781. The number of hydrazone groups is 1. The number of esters is 2. The first-order chi connectivity index (χ1) is 11.0. The van der Waals surface area contributed by atoms with E-state index in [-0.39, 0.29) is 45.4 Å². The molecule has 130 valence electrons. The fraction of sp³-hybridized carbons (Fsp3) is 0.750. The van der Waals surface area contributed by atoms with E-state index in [1.165, 1.54) is 0 Å². The van der Waals surface area contributed by atoms with Crippen LogP contribution in [0.15, 0.2) is 5.10 Å². The summed E-state index contributed by atoms with van der Waals surface area (Å²) in [6.07, 6.45) is 0.0233. The largest absolute Gasteiger partial charge is 0.466 e. The van der Waals surface area contributed by atoms with E-state index >= 15 is 0 Å². The van der Waals surface area contributed by atoms with Gasteiger partial charge in [-0.05, 0) is 13.8 Å². The van der Waals surface area contributed by atoms with E-state index in [0.29, 0.717) is 0 Å². The van der Waals surface area contributed by atoms with Crippen molar-refractivity contribution in [2.45, 2.75) is 32.7 Å². The van der Waals surface area contributed by atoms with Gasteiger partial charge in [0.15, 0.2) is 5.03 Å². The fourth-order valence-corrected chi connectivity index (χ4v) is 2.04. The van der Waals surface area contributed by atoms with Gasteiger partial charge in [-0.3, -0.25) is 14.5 Å². The molecule has 2 N–H and O–H groups in total. The highest BCUT2D eigenvalue weighted by Crippen LogP contribution is 2.11. The van der Waals surface area contributed by atoms with Crippen molar-refractivity contribution >= 4 is 17.9 Å². The topological polar surface area (TPSA) is 135 Å². The molecule has 1 rings (SSSR count). The van der Waals surface area contributed by atoms with Crippen LogP contribution in [0.5, 0.6) is 0 Å². The second-order valence-corrected chi connectivity index (χ2v) is 4.62. The average molecular weight is 331 g/mol. The Morgan fingerprint density at radius 3 is 2.09 bits per heavy atom. The van der Waals surface area contributed by atoms with Crippen LogP contribution >= 0.6 is 0 Å². The van der Waals surface area contributed by atoms with E-state index in [4.69, 9.17) is 9.47 Å². The van der Waals surface area contributed by atoms with Crippen LogP contribution in [0, 0.1) is 10.1 Å². The molecule has 23 heavy (non-hydrogen) atoms. The fourth-order valence-electron chi connectivity index (χ4n) is 2.04. The molecule has 0 saturated carbocycles. The first-order valence-electron chi connectivity index (χ1n) is 7.22. The van der Waals surface area contributed by atoms with Gasteiger partial charge in [0, 0.05) is 6.04 Å². The van der Waals surface area contributed by atoms with Crippen molar-refractivity contribution in [3.63, 3.8) is 0 Å². The van der Waals surface area contributed by atoms with Crippen LogP contribution in [0.25, 0.3) is 0 Å². The van der Waals surface area contributed by atoms with Crippen molar-refractivity contribution in [1.29, 1.82) is 0 Å². The molecule has 1 aliphatic heterocycles. The number of hydrogen-bond donors (Lipinski definition) is 2. The van der Waals surface area contributed by atoms with Gasteiger partial charge < -0.3 is 20.1 Å². The summed E-state index contributed by atoms with van der Waals surface area (Å²) in [6, 6.07) is -0.453. The van der Waals surface area contributed by atoms with Crippen LogP contribution in [0.4, 0.5) is 0 Å². The standard InChI is InChI=1S/C12H21N5O6/c1-3-22-10(18)5-9(6-11(19)23-4-2)16-7-13-12(14-8-16)15-17(20)21/h9H,3-8H2,1-2H3,(H2,13,14,15). The van der Waals surface area contributed by atoms with Gasteiger partial charge in [0.05, 0.1) is 39.4 Å². The van der Waals surface area contributed by atoms with Gasteiger partial charge >= 0.3 is 11.9 Å². The summed E-state index contributed by atoms with van der Waals surface area (Å²) in [7, 11) is 0. The Morgan fingerprint density at radius 2 is 1.70 bits per heavy atom. The first kappa shape index (κ1) is 18.6. The van der Waals surface area contributed by atoms with Crippen molar-refractivity contribution in [2.24, 2.45) is 5.10 Å². The minimum absolute atomic E-state index is 0.0116. The molecule has 0 unspecified atom stereocenters. The maximum absolute atomic E-state index is 11.7. The molecule has 1 fully saturated rings. The molecule has 11 nitrogen and oxygen atoms in total. The number of nitro groups is 1. The number of carbonyl (C=O) groups excluding carboxylic acids is 2. The quantitative estimate of drug-likeness (QED) is 0.333. The zero-order chi connectivity index (χ0) is 17.2. The molecular formula is C12H21N5O6. The van der Waals surface area contributed by atoms with Crippen LogP contribution in [-0.2, 0) is 19.1 Å². The zero-order valence-corrected chi connectivity index (χ0v) is 13.1. The summed E-state index contributed by atoms with van der Waals surface area (Å²) in [6.45, 7) is 4.29. The lowest BCUT2D eigenvalue weighted by atomic mass is 10.1. The SMILES string of the molecule is CCOC(=O)CC(CC(=O)OCC)N1CNC(=N[N+](=O)[O-])NC1. The first-order valence-corrected chi connectivity index (χ1v) is 7.22. The number of guanidine groups is 1. The van der Waals surface area contributed by atoms with Crippen LogP contribution in [0.2, 0.25) is 0 Å². The lowest BCUT2D eigenvalue weighted by Crippen LogP contribution is -2.58. The van der Waals surface area contributed by atoms with E-state index in [1.54, 1.807) is 18.7 Å². The third-order valence-corrected chi connectivity index (χ3v) is 3.01. The Morgan fingerprint density at radius 1 is 1.22 bits per heavy atom. The zero-order valence-electron chi connectivity index (χ0n) is 13.1. The normalized spacial score (nSPS) is 14.7. The molecule has 1 heterocycles. The number of nitrogens with one attached hydrogen (secondary N) is 2. The third-order valence-electron chi connectivity index (χ3n) is 3.01. The molecular weight excluding hydrogens is 310 g/mol. The molecule has 0 aromatic rings. The summed E-state index contributed by atoms with van der Waals surface area (Å²) >= 11 is 0. The van der Waals surface area contributed by atoms with Crippen LogP contribution in [-0.4, -0.2) is 60.4 Å². The van der Waals surface area contributed by atoms with Gasteiger partial charge in [-0.25, -0.2) is 10.1 Å². The monoisotopic (exact) mass is 331 g/mol. The van der Waals surface area contributed by atoms with Crippen LogP contribution in [0.1, 0.15) is 26.7 Å². The summed E-state index contributed by atoms with van der Waals surface area (Å²) in [5.74, 6) is -0.824. The Labute approximate surface area is 133 Å². The van der Waals surface area contributed by atoms with Gasteiger partial charge in [-0.2, -0.15) is 0 Å². The van der Waals surface area contributed by atoms with E-state index < -0.39 is 23.0 Å². The lowest BCUT2D eigenvalue weighted by molar-refractivity contribution is -0.485. The van der Waals surface area contributed by atoms with Crippen molar-refractivity contribution in [2.75, 3.05) is 26.6 Å². The Balaban J connectivity index is 2.66. The number of rotatable bonds is 8. The highest BCUT2D eigenvalue weighted by Gasteiger charge is 2.28. The van der Waals surface area contributed by atoms with E-state index in [9.17, 15) is 19.7 Å². The molecule has 1 saturated heterocycles. The van der Waals surface area contributed by atoms with Gasteiger partial charge in [-0.15, -0.1) is 0 Å². The Kier molecular flexibility index (Phi) is 7.74. The molecule has 0 spiro atoms. The Bertz CT molecular complexity index is 439. The van der Waals surface area contributed by atoms with Crippen LogP contribution < -0.4 is 10.6 Å². The second-order valence-electron chi connectivity index (χ2n) is 4.62. The molecule has 0 amide bonds. The molecule has 0 atom stereocenters. The number of hydrogen-bond acceptors (Lipinski definition) is 7. The smallest absolute Gasteiger partial charge is 0.307 e. The van der Waals surface area contributed by atoms with Gasteiger partial charge in [-0.1, -0.05) is 0 Å². The van der Waals surface area contributed by atoms with E-state index in [1.807, 2.05) is 0 Å². The molecule has 0 aromatic carbocycles. The van der Waals surface area contributed by atoms with Crippen molar-refractivity contribution in [1.82, 2.24) is 15.5 Å². The second kappa shape index (κ2) is 9.56. The third kappa shape index (κ3) is 6.91. The van der Waals surface area contributed by atoms with E-state index in [0.717, 1.165) is 0 Å². The maximum Gasteiger partial charge on any atom is 0.307 e. The van der Waals surface area contributed by atoms with Gasteiger partial charge in [0.25, 0.3) is 5.96 Å². The highest BCUT2D eigenvalue weighted by atomic mass is 16.7. The summed E-state index contributed by atoms with van der Waals surface area (Å²) in [4.78, 5) is 35.4. The van der Waals surface area contributed by atoms with E-state index in [2.05, 4.69) is 15.7 Å². The molecule has 0 aliphatic carbocycles. The number of ether oxygens (including phenoxy) is 2. The average Bonchev–Trinajstić information content (AvgIpc) is 2.47. The maximum atomic E-state index is 11.7. The van der Waals surface area contributed by atoms with Crippen LogP contribution in [0.3, 0.4) is 0 Å². The van der Waals surface area contributed by atoms with Gasteiger partial charge in [0.1, 0.15) is 5.10 Å². The molecule has 0 bridgehead atoms. The minimum atomic E-state index is -0.820. The summed E-state index contributed by atoms with van der Waals surface area (Å²) in [5, 5.41) is 18.0. The number of nitrogens with zero attached hydrogens (tertiary/aromatic N) is 3. The Hall–Kier alpha value is -2.43. The summed E-state index contributed by atoms with van der Waals surface area (Å²) in [5.41, 5.74) is 0. The van der Waals surface area contributed by atoms with Crippen molar-refractivity contribution < 1.29 is 24.1 Å². The van der Waals surface area contributed by atoms with Crippen molar-refractivity contribution in [3.05, 3.63) is 10.1 Å². The lowest BCUT2D eigenvalue weighted by Gasteiger charge is -2.34.